The van der Waals surface area contributed by atoms with Crippen LogP contribution in [0.2, 0.25) is 0 Å². The van der Waals surface area contributed by atoms with E-state index >= 15 is 0 Å². The van der Waals surface area contributed by atoms with E-state index in [-0.39, 0.29) is 5.56 Å². The Kier molecular flexibility index (Phi) is 4.18. The van der Waals surface area contributed by atoms with Crippen LogP contribution in [-0.2, 0) is 0 Å². The van der Waals surface area contributed by atoms with Gasteiger partial charge in [0.15, 0.2) is 0 Å². The van der Waals surface area contributed by atoms with Crippen molar-refractivity contribution < 1.29 is 9.90 Å². The molecule has 0 heterocycles. The maximum absolute atomic E-state index is 10.7. The van der Waals surface area contributed by atoms with E-state index in [4.69, 9.17) is 5.11 Å². The Balaban J connectivity index is 3.13. The Morgan fingerprint density at radius 1 is 1.43 bits per heavy atom. The summed E-state index contributed by atoms with van der Waals surface area (Å²) in [6.45, 7) is 0. The van der Waals surface area contributed by atoms with Crippen molar-refractivity contribution in [3.63, 3.8) is 0 Å². The fourth-order valence-electron chi connectivity index (χ4n) is 0.921. The number of aromatic carboxylic acids is 1. The van der Waals surface area contributed by atoms with Gasteiger partial charge >= 0.3 is 5.97 Å². The lowest BCUT2D eigenvalue weighted by Crippen LogP contribution is -1.96. The van der Waals surface area contributed by atoms with E-state index in [2.05, 4.69) is 43.7 Å². The van der Waals surface area contributed by atoms with Crippen LogP contribution < -0.4 is 0 Å². The SMILES string of the molecule is O=C(O)c1cc(Br)cc(C#CCBr)c1. The van der Waals surface area contributed by atoms with Crippen LogP contribution in [0.15, 0.2) is 22.7 Å². The van der Waals surface area contributed by atoms with Gasteiger partial charge in [0, 0.05) is 10.0 Å². The predicted octanol–water partition coefficient (Wildman–Crippen LogP) is 2.89. The number of carboxylic acids is 1. The highest BCUT2D eigenvalue weighted by Gasteiger charge is 2.04. The summed E-state index contributed by atoms with van der Waals surface area (Å²) < 4.78 is 0.719. The maximum atomic E-state index is 10.7. The third kappa shape index (κ3) is 3.17. The summed E-state index contributed by atoms with van der Waals surface area (Å²) in [6.07, 6.45) is 0. The monoisotopic (exact) mass is 316 g/mol. The van der Waals surface area contributed by atoms with Crippen molar-refractivity contribution in [2.45, 2.75) is 0 Å². The molecule has 0 aliphatic heterocycles. The second kappa shape index (κ2) is 5.18. The number of carbonyl (C=O) groups is 1. The zero-order valence-corrected chi connectivity index (χ0v) is 10.2. The number of hydrogen-bond donors (Lipinski definition) is 1. The molecule has 2 nitrogen and oxygen atoms in total. The van der Waals surface area contributed by atoms with Crippen molar-refractivity contribution >= 4 is 37.8 Å². The van der Waals surface area contributed by atoms with Crippen LogP contribution >= 0.6 is 31.9 Å². The van der Waals surface area contributed by atoms with Gasteiger partial charge in [-0.05, 0) is 18.2 Å². The molecule has 0 saturated carbocycles. The zero-order chi connectivity index (χ0) is 10.6. The highest BCUT2D eigenvalue weighted by molar-refractivity contribution is 9.10. The van der Waals surface area contributed by atoms with E-state index in [0.717, 1.165) is 4.47 Å². The second-order valence-corrected chi connectivity index (χ2v) is 3.95. The minimum Gasteiger partial charge on any atom is -0.478 e. The molecule has 0 radical (unpaired) electrons. The van der Waals surface area contributed by atoms with E-state index in [1.165, 1.54) is 0 Å². The normalized spacial score (nSPS) is 9.00. The van der Waals surface area contributed by atoms with Gasteiger partial charge in [-0.3, -0.25) is 0 Å². The first kappa shape index (κ1) is 11.3. The molecule has 1 aromatic carbocycles. The van der Waals surface area contributed by atoms with E-state index in [0.29, 0.717) is 10.9 Å². The molecule has 1 rings (SSSR count). The molecule has 1 aromatic rings. The topological polar surface area (TPSA) is 37.3 Å². The van der Waals surface area contributed by atoms with E-state index in [1.807, 2.05) is 0 Å². The molecule has 0 saturated heterocycles. The standard InChI is InChI=1S/C10H6Br2O2/c11-3-1-2-7-4-8(10(13)14)6-9(12)5-7/h4-6H,3H2,(H,13,14). The second-order valence-electron chi connectivity index (χ2n) is 2.47. The predicted molar refractivity (Wildman–Crippen MR) is 61.8 cm³/mol. The Bertz CT molecular complexity index is 416. The minimum absolute atomic E-state index is 0.234. The third-order valence-corrected chi connectivity index (χ3v) is 2.18. The summed E-state index contributed by atoms with van der Waals surface area (Å²) in [7, 11) is 0. The molecular formula is C10H6Br2O2. The number of hydrogen-bond acceptors (Lipinski definition) is 1. The highest BCUT2D eigenvalue weighted by atomic mass is 79.9. The molecule has 0 aromatic heterocycles. The third-order valence-electron chi connectivity index (χ3n) is 1.44. The molecule has 14 heavy (non-hydrogen) atoms. The summed E-state index contributed by atoms with van der Waals surface area (Å²) in [4.78, 5) is 10.7. The van der Waals surface area contributed by atoms with Gasteiger partial charge in [-0.1, -0.05) is 43.7 Å². The summed E-state index contributed by atoms with van der Waals surface area (Å²) in [6, 6.07) is 4.87. The molecule has 0 aliphatic carbocycles. The number of carboxylic acid groups (broad SMARTS) is 1. The van der Waals surface area contributed by atoms with Gasteiger partial charge in [-0.2, -0.15) is 0 Å². The molecule has 1 N–H and O–H groups in total. The van der Waals surface area contributed by atoms with Gasteiger partial charge in [-0.25, -0.2) is 4.79 Å². The molecule has 0 aliphatic rings. The first-order valence-electron chi connectivity index (χ1n) is 3.72. The minimum atomic E-state index is -0.951. The van der Waals surface area contributed by atoms with Gasteiger partial charge in [0.1, 0.15) is 0 Å². The van der Waals surface area contributed by atoms with Crippen LogP contribution in [0.4, 0.5) is 0 Å². The number of halogens is 2. The molecular weight excluding hydrogens is 312 g/mol. The molecule has 0 amide bonds. The summed E-state index contributed by atoms with van der Waals surface area (Å²) in [5.74, 6) is 4.70. The molecule has 0 bridgehead atoms. The van der Waals surface area contributed by atoms with Crippen LogP contribution in [-0.4, -0.2) is 16.4 Å². The molecule has 0 fully saturated rings. The number of alkyl halides is 1. The number of benzene rings is 1. The van der Waals surface area contributed by atoms with Crippen molar-refractivity contribution in [1.29, 1.82) is 0 Å². The average Bonchev–Trinajstić information content (AvgIpc) is 2.14. The average molecular weight is 318 g/mol. The molecule has 0 spiro atoms. The number of rotatable bonds is 1. The van der Waals surface area contributed by atoms with Gasteiger partial charge in [0.25, 0.3) is 0 Å². The Hall–Kier alpha value is -0.790. The molecule has 0 atom stereocenters. The Morgan fingerprint density at radius 3 is 2.71 bits per heavy atom. The van der Waals surface area contributed by atoms with Crippen LogP contribution in [0.1, 0.15) is 15.9 Å². The van der Waals surface area contributed by atoms with Crippen molar-refractivity contribution in [2.24, 2.45) is 0 Å². The first-order chi connectivity index (χ1) is 6.63. The van der Waals surface area contributed by atoms with Crippen molar-refractivity contribution in [2.75, 3.05) is 5.33 Å². The fourth-order valence-corrected chi connectivity index (χ4v) is 1.55. The Morgan fingerprint density at radius 2 is 2.14 bits per heavy atom. The molecule has 4 heteroatoms. The summed E-state index contributed by atoms with van der Waals surface area (Å²) in [5.41, 5.74) is 0.925. The van der Waals surface area contributed by atoms with Crippen molar-refractivity contribution in [1.82, 2.24) is 0 Å². The van der Waals surface area contributed by atoms with Crippen molar-refractivity contribution in [3.05, 3.63) is 33.8 Å². The van der Waals surface area contributed by atoms with Crippen molar-refractivity contribution in [3.8, 4) is 11.8 Å². The summed E-state index contributed by atoms with van der Waals surface area (Å²) in [5, 5.41) is 9.35. The van der Waals surface area contributed by atoms with E-state index < -0.39 is 5.97 Å². The van der Waals surface area contributed by atoms with Crippen LogP contribution in [0.3, 0.4) is 0 Å². The zero-order valence-electron chi connectivity index (χ0n) is 7.05. The highest BCUT2D eigenvalue weighted by Crippen LogP contribution is 2.15. The van der Waals surface area contributed by atoms with Crippen LogP contribution in [0.5, 0.6) is 0 Å². The maximum Gasteiger partial charge on any atom is 0.335 e. The van der Waals surface area contributed by atoms with Crippen LogP contribution in [0.25, 0.3) is 0 Å². The molecule has 0 unspecified atom stereocenters. The van der Waals surface area contributed by atoms with Gasteiger partial charge in [0.05, 0.1) is 10.9 Å². The smallest absolute Gasteiger partial charge is 0.335 e. The summed E-state index contributed by atoms with van der Waals surface area (Å²) >= 11 is 6.40. The van der Waals surface area contributed by atoms with Gasteiger partial charge in [0.2, 0.25) is 0 Å². The Labute approximate surface area is 98.6 Å². The quantitative estimate of drug-likeness (QED) is 0.639. The fraction of sp³-hybridized carbons (Fsp3) is 0.100. The lowest BCUT2D eigenvalue weighted by molar-refractivity contribution is 0.0697. The molecule has 72 valence electrons. The van der Waals surface area contributed by atoms with Gasteiger partial charge < -0.3 is 5.11 Å². The van der Waals surface area contributed by atoms with E-state index in [1.54, 1.807) is 18.2 Å². The largest absolute Gasteiger partial charge is 0.478 e. The first-order valence-corrected chi connectivity index (χ1v) is 5.63. The van der Waals surface area contributed by atoms with Crippen LogP contribution in [0, 0.1) is 11.8 Å². The van der Waals surface area contributed by atoms with Gasteiger partial charge in [-0.15, -0.1) is 0 Å². The van der Waals surface area contributed by atoms with E-state index in [9.17, 15) is 4.79 Å². The lowest BCUT2D eigenvalue weighted by Gasteiger charge is -1.97. The lowest BCUT2D eigenvalue weighted by atomic mass is 10.1.